The van der Waals surface area contributed by atoms with Crippen molar-refractivity contribution in [1.29, 1.82) is 0 Å². The van der Waals surface area contributed by atoms with Crippen LogP contribution in [0.25, 0.3) is 0 Å². The quantitative estimate of drug-likeness (QED) is 0.803. The molecule has 2 aromatic rings. The zero-order valence-corrected chi connectivity index (χ0v) is 14.0. The van der Waals surface area contributed by atoms with E-state index >= 15 is 0 Å². The Balaban J connectivity index is 1.96. The molecule has 2 aromatic carbocycles. The third kappa shape index (κ3) is 2.83. The summed E-state index contributed by atoms with van der Waals surface area (Å²) in [4.78, 5) is 0. The first-order chi connectivity index (χ1) is 10.6. The van der Waals surface area contributed by atoms with Gasteiger partial charge in [0.1, 0.15) is 0 Å². The maximum absolute atomic E-state index is 3.77. The molecule has 0 spiro atoms. The Morgan fingerprint density at radius 1 is 1.00 bits per heavy atom. The fourth-order valence-electron chi connectivity index (χ4n) is 3.43. The first kappa shape index (κ1) is 15.0. The lowest BCUT2D eigenvalue weighted by Gasteiger charge is -2.39. The molecule has 116 valence electrons. The fourth-order valence-corrected chi connectivity index (χ4v) is 3.43. The molecule has 3 atom stereocenters. The Morgan fingerprint density at radius 3 is 2.36 bits per heavy atom. The van der Waals surface area contributed by atoms with E-state index in [0.717, 1.165) is 6.42 Å². The van der Waals surface area contributed by atoms with Crippen LogP contribution >= 0.6 is 0 Å². The fraction of sp³-hybridized carbons (Fsp3) is 0.400. The van der Waals surface area contributed by atoms with Crippen molar-refractivity contribution >= 4 is 11.4 Å². The van der Waals surface area contributed by atoms with Gasteiger partial charge in [-0.15, -0.1) is 0 Å². The summed E-state index contributed by atoms with van der Waals surface area (Å²) in [6.07, 6.45) is 1.14. The van der Waals surface area contributed by atoms with Gasteiger partial charge in [0.2, 0.25) is 0 Å². The summed E-state index contributed by atoms with van der Waals surface area (Å²) in [5.74, 6) is 0.542. The van der Waals surface area contributed by atoms with Gasteiger partial charge < -0.3 is 10.6 Å². The van der Waals surface area contributed by atoms with Crippen LogP contribution in [0, 0.1) is 19.8 Å². The first-order valence-corrected chi connectivity index (χ1v) is 8.28. The van der Waals surface area contributed by atoms with Crippen molar-refractivity contribution in [2.24, 2.45) is 5.92 Å². The predicted molar refractivity (Wildman–Crippen MR) is 95.6 cm³/mol. The number of hydrogen-bond acceptors (Lipinski definition) is 2. The van der Waals surface area contributed by atoms with Gasteiger partial charge in [-0.1, -0.05) is 49.2 Å². The highest BCUT2D eigenvalue weighted by molar-refractivity contribution is 5.60. The average molecular weight is 294 g/mol. The van der Waals surface area contributed by atoms with Crippen LogP contribution in [-0.2, 0) is 0 Å². The van der Waals surface area contributed by atoms with Crippen LogP contribution in [0.15, 0.2) is 42.5 Å². The second-order valence-corrected chi connectivity index (χ2v) is 6.60. The third-order valence-electron chi connectivity index (χ3n) is 4.86. The van der Waals surface area contributed by atoms with E-state index in [4.69, 9.17) is 0 Å². The zero-order chi connectivity index (χ0) is 15.7. The standard InChI is InChI=1S/C20H26N2/c1-5-18-15(4)20(21-16-9-6-13(2)7-10-16)17-12-14(3)8-11-19(17)22-18/h6-12,15,18,20-22H,5H2,1-4H3/t15-,18+,20-/m1/s1. The molecule has 0 aliphatic carbocycles. The van der Waals surface area contributed by atoms with Gasteiger partial charge in [0.15, 0.2) is 0 Å². The number of aryl methyl sites for hydroxylation is 2. The second-order valence-electron chi connectivity index (χ2n) is 6.60. The Hall–Kier alpha value is -1.96. The molecule has 0 saturated carbocycles. The molecule has 0 amide bonds. The summed E-state index contributed by atoms with van der Waals surface area (Å²) in [6.45, 7) is 8.90. The van der Waals surface area contributed by atoms with E-state index in [1.54, 1.807) is 0 Å². The Labute approximate surface area is 134 Å². The third-order valence-corrected chi connectivity index (χ3v) is 4.86. The minimum absolute atomic E-state index is 0.351. The van der Waals surface area contributed by atoms with Gasteiger partial charge in [0.25, 0.3) is 0 Å². The van der Waals surface area contributed by atoms with Gasteiger partial charge >= 0.3 is 0 Å². The van der Waals surface area contributed by atoms with Crippen LogP contribution in [0.2, 0.25) is 0 Å². The molecule has 0 radical (unpaired) electrons. The molecule has 0 unspecified atom stereocenters. The van der Waals surface area contributed by atoms with Gasteiger partial charge in [-0.3, -0.25) is 0 Å². The molecule has 3 rings (SSSR count). The molecule has 0 fully saturated rings. The van der Waals surface area contributed by atoms with Gasteiger partial charge in [-0.05, 0) is 44.0 Å². The summed E-state index contributed by atoms with van der Waals surface area (Å²) in [5.41, 5.74) is 6.48. The molecule has 1 aliphatic heterocycles. The van der Waals surface area contributed by atoms with E-state index in [2.05, 4.69) is 80.8 Å². The maximum Gasteiger partial charge on any atom is 0.0579 e. The molecule has 1 aliphatic rings. The summed E-state index contributed by atoms with van der Waals surface area (Å²) >= 11 is 0. The van der Waals surface area contributed by atoms with E-state index in [1.807, 2.05) is 0 Å². The van der Waals surface area contributed by atoms with Gasteiger partial charge in [-0.25, -0.2) is 0 Å². The molecule has 22 heavy (non-hydrogen) atoms. The predicted octanol–water partition coefficient (Wildman–Crippen LogP) is 5.30. The van der Waals surface area contributed by atoms with E-state index in [1.165, 1.54) is 28.1 Å². The Morgan fingerprint density at radius 2 is 1.68 bits per heavy atom. The minimum Gasteiger partial charge on any atom is -0.382 e. The SMILES string of the molecule is CC[C@@H]1Nc2ccc(C)cc2[C@H](Nc2ccc(C)cc2)[C@@H]1C. The van der Waals surface area contributed by atoms with E-state index in [-0.39, 0.29) is 0 Å². The minimum atomic E-state index is 0.351. The summed E-state index contributed by atoms with van der Waals surface area (Å²) in [7, 11) is 0. The van der Waals surface area contributed by atoms with Gasteiger partial charge in [-0.2, -0.15) is 0 Å². The lowest BCUT2D eigenvalue weighted by Crippen LogP contribution is -2.38. The molecule has 0 bridgehead atoms. The highest BCUT2D eigenvalue weighted by Gasteiger charge is 2.32. The van der Waals surface area contributed by atoms with E-state index in [9.17, 15) is 0 Å². The molecular weight excluding hydrogens is 268 g/mol. The van der Waals surface area contributed by atoms with Crippen molar-refractivity contribution in [3.05, 3.63) is 59.2 Å². The molecule has 2 nitrogen and oxygen atoms in total. The normalized spacial score (nSPS) is 23.5. The number of hydrogen-bond donors (Lipinski definition) is 2. The van der Waals surface area contributed by atoms with Crippen molar-refractivity contribution in [3.8, 4) is 0 Å². The highest BCUT2D eigenvalue weighted by Crippen LogP contribution is 2.40. The van der Waals surface area contributed by atoms with E-state index in [0.29, 0.717) is 18.0 Å². The lowest BCUT2D eigenvalue weighted by atomic mass is 9.82. The monoisotopic (exact) mass is 294 g/mol. The van der Waals surface area contributed by atoms with Crippen molar-refractivity contribution in [2.75, 3.05) is 10.6 Å². The van der Waals surface area contributed by atoms with Crippen LogP contribution < -0.4 is 10.6 Å². The molecule has 2 N–H and O–H groups in total. The lowest BCUT2D eigenvalue weighted by molar-refractivity contribution is 0.400. The summed E-state index contributed by atoms with van der Waals surface area (Å²) in [5, 5.41) is 7.47. The smallest absolute Gasteiger partial charge is 0.0579 e. The number of nitrogens with one attached hydrogen (secondary N) is 2. The van der Waals surface area contributed by atoms with Crippen LogP contribution in [0.1, 0.15) is 43.0 Å². The van der Waals surface area contributed by atoms with Crippen LogP contribution in [0.4, 0.5) is 11.4 Å². The zero-order valence-electron chi connectivity index (χ0n) is 14.0. The van der Waals surface area contributed by atoms with Crippen LogP contribution in [-0.4, -0.2) is 6.04 Å². The maximum atomic E-state index is 3.77. The second kappa shape index (κ2) is 6.04. The number of fused-ring (bicyclic) bond motifs is 1. The number of rotatable bonds is 3. The topological polar surface area (TPSA) is 24.1 Å². The molecule has 2 heteroatoms. The van der Waals surface area contributed by atoms with E-state index < -0.39 is 0 Å². The number of anilines is 2. The largest absolute Gasteiger partial charge is 0.382 e. The van der Waals surface area contributed by atoms with Crippen molar-refractivity contribution < 1.29 is 0 Å². The average Bonchev–Trinajstić information content (AvgIpc) is 2.52. The number of benzene rings is 2. The Bertz CT molecular complexity index is 645. The molecule has 0 aromatic heterocycles. The van der Waals surface area contributed by atoms with Crippen molar-refractivity contribution in [3.63, 3.8) is 0 Å². The van der Waals surface area contributed by atoms with Crippen molar-refractivity contribution in [2.45, 2.75) is 46.2 Å². The molecular formula is C20H26N2. The van der Waals surface area contributed by atoms with Gasteiger partial charge in [0.05, 0.1) is 6.04 Å². The van der Waals surface area contributed by atoms with Gasteiger partial charge in [0, 0.05) is 23.3 Å². The molecule has 1 heterocycles. The highest BCUT2D eigenvalue weighted by atomic mass is 15.0. The summed E-state index contributed by atoms with van der Waals surface area (Å²) < 4.78 is 0. The van der Waals surface area contributed by atoms with Crippen LogP contribution in [0.5, 0.6) is 0 Å². The van der Waals surface area contributed by atoms with Crippen molar-refractivity contribution in [1.82, 2.24) is 0 Å². The molecule has 0 saturated heterocycles. The Kier molecular flexibility index (Phi) is 4.10. The first-order valence-electron chi connectivity index (χ1n) is 8.28. The summed E-state index contributed by atoms with van der Waals surface area (Å²) in [6, 6.07) is 16.3. The van der Waals surface area contributed by atoms with Crippen LogP contribution in [0.3, 0.4) is 0 Å².